The fourth-order valence-corrected chi connectivity index (χ4v) is 6.60. The van der Waals surface area contributed by atoms with E-state index in [0.717, 1.165) is 39.2 Å². The van der Waals surface area contributed by atoms with Crippen LogP contribution in [0, 0.1) is 13.8 Å². The van der Waals surface area contributed by atoms with Crippen LogP contribution in [0.2, 0.25) is 0 Å². The molecular formula is C32H32N4O3S. The van der Waals surface area contributed by atoms with Crippen LogP contribution in [-0.4, -0.2) is 65.1 Å². The van der Waals surface area contributed by atoms with E-state index in [-0.39, 0.29) is 29.4 Å². The molecule has 6 rings (SSSR count). The molecule has 1 atom stereocenters. The maximum atomic E-state index is 13.9. The highest BCUT2D eigenvalue weighted by molar-refractivity contribution is 8.00. The Labute approximate surface area is 238 Å². The van der Waals surface area contributed by atoms with Crippen LogP contribution in [-0.2, 0) is 14.3 Å². The molecule has 0 spiro atoms. The molecule has 2 aliphatic rings. The number of nitrogens with zero attached hydrogens (tertiary/aromatic N) is 4. The van der Waals surface area contributed by atoms with Gasteiger partial charge in [0.25, 0.3) is 0 Å². The van der Waals surface area contributed by atoms with Gasteiger partial charge in [-0.25, -0.2) is 4.68 Å². The first kappa shape index (κ1) is 26.3. The summed E-state index contributed by atoms with van der Waals surface area (Å²) in [6.45, 7) is 6.16. The molecule has 8 heteroatoms. The minimum Gasteiger partial charge on any atom is -0.378 e. The van der Waals surface area contributed by atoms with E-state index in [1.54, 1.807) is 21.6 Å². The number of aryl methyl sites for hydroxylation is 2. The maximum absolute atomic E-state index is 13.9. The molecular weight excluding hydrogens is 520 g/mol. The highest BCUT2D eigenvalue weighted by atomic mass is 32.2. The van der Waals surface area contributed by atoms with Crippen molar-refractivity contribution < 1.29 is 14.3 Å². The Morgan fingerprint density at radius 2 is 1.68 bits per heavy atom. The van der Waals surface area contributed by atoms with Crippen LogP contribution in [0.25, 0.3) is 16.9 Å². The van der Waals surface area contributed by atoms with Gasteiger partial charge in [0, 0.05) is 24.2 Å². The van der Waals surface area contributed by atoms with Crippen LogP contribution in [0.1, 0.15) is 27.5 Å². The van der Waals surface area contributed by atoms with Gasteiger partial charge in [-0.3, -0.25) is 14.5 Å². The molecule has 204 valence electrons. The number of rotatable bonds is 5. The highest BCUT2D eigenvalue weighted by Gasteiger charge is 2.38. The number of anilines is 1. The van der Waals surface area contributed by atoms with Gasteiger partial charge in [0.1, 0.15) is 12.4 Å². The molecule has 2 aliphatic heterocycles. The van der Waals surface area contributed by atoms with Crippen molar-refractivity contribution in [1.29, 1.82) is 0 Å². The lowest BCUT2D eigenvalue weighted by atomic mass is 9.98. The summed E-state index contributed by atoms with van der Waals surface area (Å²) in [5, 5.41) is 5.04. The predicted molar refractivity (Wildman–Crippen MR) is 159 cm³/mol. The molecule has 1 aromatic heterocycles. The van der Waals surface area contributed by atoms with Crippen LogP contribution in [0.3, 0.4) is 0 Å². The van der Waals surface area contributed by atoms with E-state index < -0.39 is 0 Å². The quantitative estimate of drug-likeness (QED) is 0.341. The summed E-state index contributed by atoms with van der Waals surface area (Å²) in [7, 11) is 0. The number of thioether (sulfide) groups is 1. The summed E-state index contributed by atoms with van der Waals surface area (Å²) in [5.74, 6) is 0.731. The number of aromatic nitrogens is 2. The third kappa shape index (κ3) is 5.17. The monoisotopic (exact) mass is 552 g/mol. The van der Waals surface area contributed by atoms with Crippen molar-refractivity contribution >= 4 is 29.4 Å². The fourth-order valence-electron chi connectivity index (χ4n) is 5.41. The van der Waals surface area contributed by atoms with Gasteiger partial charge < -0.3 is 9.64 Å². The third-order valence-corrected chi connectivity index (χ3v) is 8.64. The predicted octanol–water partition coefficient (Wildman–Crippen LogP) is 5.18. The van der Waals surface area contributed by atoms with Crippen molar-refractivity contribution in [2.75, 3.05) is 43.5 Å². The van der Waals surface area contributed by atoms with Gasteiger partial charge in [0.15, 0.2) is 0 Å². The second-order valence-electron chi connectivity index (χ2n) is 10.3. The van der Waals surface area contributed by atoms with Gasteiger partial charge in [0.2, 0.25) is 11.8 Å². The summed E-state index contributed by atoms with van der Waals surface area (Å²) in [6.07, 6.45) is 0. The topological polar surface area (TPSA) is 67.7 Å². The number of fused-ring (bicyclic) bond motifs is 1. The van der Waals surface area contributed by atoms with Gasteiger partial charge in [0.05, 0.1) is 35.6 Å². The van der Waals surface area contributed by atoms with Crippen molar-refractivity contribution in [1.82, 2.24) is 14.7 Å². The van der Waals surface area contributed by atoms with Gasteiger partial charge in [-0.05, 0) is 37.1 Å². The smallest absolute Gasteiger partial charge is 0.242 e. The van der Waals surface area contributed by atoms with E-state index in [9.17, 15) is 9.59 Å². The molecule has 0 radical (unpaired) electrons. The minimum absolute atomic E-state index is 0.0430. The number of morpholine rings is 1. The van der Waals surface area contributed by atoms with E-state index in [1.165, 1.54) is 0 Å². The van der Waals surface area contributed by atoms with Crippen LogP contribution >= 0.6 is 11.8 Å². The summed E-state index contributed by atoms with van der Waals surface area (Å²) in [4.78, 5) is 30.9. The number of hydrogen-bond acceptors (Lipinski definition) is 5. The number of carbonyl (C=O) groups excluding carboxylic acids is 2. The number of hydrogen-bond donors (Lipinski definition) is 0. The van der Waals surface area contributed by atoms with Crippen molar-refractivity contribution in [2.24, 2.45) is 0 Å². The molecule has 3 heterocycles. The maximum Gasteiger partial charge on any atom is 0.242 e. The first-order chi connectivity index (χ1) is 19.5. The molecule has 0 N–H and O–H groups in total. The van der Waals surface area contributed by atoms with Gasteiger partial charge >= 0.3 is 0 Å². The largest absolute Gasteiger partial charge is 0.378 e. The van der Waals surface area contributed by atoms with Crippen molar-refractivity contribution in [3.05, 3.63) is 101 Å². The van der Waals surface area contributed by atoms with E-state index >= 15 is 0 Å². The standard InChI is InChI=1S/C32H32N4O3S/c1-22-8-6-12-25(18-22)31-29-30(24-10-4-3-5-11-24)33-36(26-13-7-9-23(2)19-26)32(29)35(28(38)21-40-31)20-27(37)34-14-16-39-17-15-34/h3-13,18-19,31H,14-17,20-21H2,1-2H3/t31-/m1/s1. The van der Waals surface area contributed by atoms with Crippen LogP contribution in [0.5, 0.6) is 0 Å². The van der Waals surface area contributed by atoms with Crippen molar-refractivity contribution in [3.8, 4) is 16.9 Å². The normalized spacial score (nSPS) is 17.4. The number of amides is 2. The first-order valence-electron chi connectivity index (χ1n) is 13.6. The SMILES string of the molecule is Cc1cccc([C@H]2SCC(=O)N(CC(=O)N3CCOCC3)c3c2c(-c2ccccc2)nn3-c2cccc(C)c2)c1. The molecule has 1 fully saturated rings. The Bertz CT molecular complexity index is 1550. The number of ether oxygens (including phenoxy) is 1. The number of benzene rings is 3. The van der Waals surface area contributed by atoms with E-state index in [0.29, 0.717) is 32.1 Å². The second kappa shape index (κ2) is 11.3. The molecule has 0 bridgehead atoms. The number of carbonyl (C=O) groups is 2. The molecule has 0 unspecified atom stereocenters. The molecule has 40 heavy (non-hydrogen) atoms. The zero-order valence-corrected chi connectivity index (χ0v) is 23.6. The Kier molecular flexibility index (Phi) is 7.45. The summed E-state index contributed by atoms with van der Waals surface area (Å²) >= 11 is 1.59. The van der Waals surface area contributed by atoms with Gasteiger partial charge in [-0.2, -0.15) is 5.10 Å². The van der Waals surface area contributed by atoms with Gasteiger partial charge in [-0.15, -0.1) is 11.8 Å². The molecule has 4 aromatic rings. The molecule has 2 amide bonds. The zero-order valence-electron chi connectivity index (χ0n) is 22.7. The van der Waals surface area contributed by atoms with E-state index in [4.69, 9.17) is 9.84 Å². The van der Waals surface area contributed by atoms with E-state index in [1.807, 2.05) is 48.0 Å². The lowest BCUT2D eigenvalue weighted by Crippen LogP contribution is -2.48. The second-order valence-corrected chi connectivity index (χ2v) is 11.4. The Balaban J connectivity index is 1.59. The minimum atomic E-state index is -0.142. The van der Waals surface area contributed by atoms with E-state index in [2.05, 4.69) is 49.4 Å². The zero-order chi connectivity index (χ0) is 27.6. The van der Waals surface area contributed by atoms with Gasteiger partial charge in [-0.1, -0.05) is 72.3 Å². The Hall–Kier alpha value is -3.88. The Morgan fingerprint density at radius 3 is 2.40 bits per heavy atom. The molecule has 1 saturated heterocycles. The summed E-state index contributed by atoms with van der Waals surface area (Å²) in [6, 6.07) is 26.6. The average Bonchev–Trinajstić information content (AvgIpc) is 3.30. The lowest BCUT2D eigenvalue weighted by molar-refractivity contribution is -0.134. The van der Waals surface area contributed by atoms with Crippen LogP contribution in [0.15, 0.2) is 78.9 Å². The molecule has 3 aromatic carbocycles. The van der Waals surface area contributed by atoms with Crippen molar-refractivity contribution in [3.63, 3.8) is 0 Å². The lowest BCUT2D eigenvalue weighted by Gasteiger charge is -2.30. The summed E-state index contributed by atoms with van der Waals surface area (Å²) in [5.41, 5.74) is 6.94. The van der Waals surface area contributed by atoms with Crippen LogP contribution < -0.4 is 4.90 Å². The third-order valence-electron chi connectivity index (χ3n) is 7.38. The van der Waals surface area contributed by atoms with Crippen LogP contribution in [0.4, 0.5) is 5.82 Å². The Morgan fingerprint density at radius 1 is 0.950 bits per heavy atom. The molecule has 0 aliphatic carbocycles. The molecule has 0 saturated carbocycles. The highest BCUT2D eigenvalue weighted by Crippen LogP contribution is 2.48. The fraction of sp³-hybridized carbons (Fsp3) is 0.281. The first-order valence-corrected chi connectivity index (χ1v) is 14.6. The summed E-state index contributed by atoms with van der Waals surface area (Å²) < 4.78 is 7.32. The molecule has 7 nitrogen and oxygen atoms in total. The average molecular weight is 553 g/mol. The van der Waals surface area contributed by atoms with Crippen molar-refractivity contribution in [2.45, 2.75) is 19.1 Å².